The van der Waals surface area contributed by atoms with Crippen molar-refractivity contribution in [1.29, 1.82) is 0 Å². The van der Waals surface area contributed by atoms with Crippen LogP contribution in [-0.4, -0.2) is 16.6 Å². The van der Waals surface area contributed by atoms with Crippen LogP contribution in [0.5, 0.6) is 5.88 Å². The number of ether oxygens (including phenoxy) is 1. The molecule has 0 bridgehead atoms. The Kier molecular flexibility index (Phi) is 4.87. The summed E-state index contributed by atoms with van der Waals surface area (Å²) in [4.78, 5) is 7.88. The van der Waals surface area contributed by atoms with Gasteiger partial charge in [0, 0.05) is 6.20 Å². The van der Waals surface area contributed by atoms with E-state index in [-0.39, 0.29) is 0 Å². The zero-order valence-corrected chi connectivity index (χ0v) is 10.1. The molecule has 0 aliphatic rings. The smallest absolute Gasteiger partial charge is 0.231 e. The number of aromatic nitrogens is 2. The Morgan fingerprint density at radius 2 is 2.29 bits per heavy atom. The fraction of sp³-hybridized carbons (Fsp3) is 0.600. The first-order chi connectivity index (χ1) is 6.70. The molecule has 78 valence electrons. The zero-order valence-electron chi connectivity index (χ0n) is 8.53. The molecule has 4 heteroatoms. The van der Waals surface area contributed by atoms with Gasteiger partial charge in [-0.15, -0.1) is 0 Å². The van der Waals surface area contributed by atoms with Crippen LogP contribution in [0.1, 0.15) is 26.7 Å². The van der Waals surface area contributed by atoms with Crippen LogP contribution in [-0.2, 0) is 0 Å². The highest BCUT2D eigenvalue weighted by molar-refractivity contribution is 9.10. The van der Waals surface area contributed by atoms with Gasteiger partial charge in [-0.3, -0.25) is 0 Å². The summed E-state index contributed by atoms with van der Waals surface area (Å²) in [6.45, 7) is 5.13. The molecule has 0 aromatic carbocycles. The van der Waals surface area contributed by atoms with E-state index in [1.54, 1.807) is 6.20 Å². The molecule has 3 nitrogen and oxygen atoms in total. The third-order valence-corrected chi connectivity index (χ3v) is 2.34. The van der Waals surface area contributed by atoms with Gasteiger partial charge in [0.1, 0.15) is 6.33 Å². The van der Waals surface area contributed by atoms with E-state index >= 15 is 0 Å². The maximum atomic E-state index is 5.49. The minimum absolute atomic E-state index is 0.628. The first kappa shape index (κ1) is 11.4. The lowest BCUT2D eigenvalue weighted by atomic mass is 10.1. The predicted octanol–water partition coefficient (Wildman–Crippen LogP) is 3.05. The molecular weight excluding hydrogens is 244 g/mol. The van der Waals surface area contributed by atoms with E-state index in [0.29, 0.717) is 12.5 Å². The first-order valence-electron chi connectivity index (χ1n) is 4.78. The van der Waals surface area contributed by atoms with Gasteiger partial charge in [0.2, 0.25) is 5.88 Å². The molecule has 0 saturated heterocycles. The summed E-state index contributed by atoms with van der Waals surface area (Å²) in [5, 5.41) is 0. The van der Waals surface area contributed by atoms with Gasteiger partial charge in [0.05, 0.1) is 11.1 Å². The predicted molar refractivity (Wildman–Crippen MR) is 59.3 cm³/mol. The number of hydrogen-bond donors (Lipinski definition) is 0. The summed E-state index contributed by atoms with van der Waals surface area (Å²) in [6, 6.07) is 0. The lowest BCUT2D eigenvalue weighted by Crippen LogP contribution is -2.01. The van der Waals surface area contributed by atoms with E-state index in [1.165, 1.54) is 12.7 Å². The molecule has 0 radical (unpaired) electrons. The standard InChI is InChI=1S/C10H15BrN2O/c1-8(2)4-3-5-14-10-9(11)6-12-7-13-10/h6-8H,3-5H2,1-2H3. The second kappa shape index (κ2) is 5.96. The summed E-state index contributed by atoms with van der Waals surface area (Å²) >= 11 is 3.33. The van der Waals surface area contributed by atoms with E-state index in [9.17, 15) is 0 Å². The molecule has 0 aliphatic heterocycles. The third-order valence-electron chi connectivity index (χ3n) is 1.80. The third kappa shape index (κ3) is 4.05. The van der Waals surface area contributed by atoms with Gasteiger partial charge in [-0.1, -0.05) is 13.8 Å². The molecule has 0 atom stereocenters. The summed E-state index contributed by atoms with van der Waals surface area (Å²) in [6.07, 6.45) is 5.42. The Labute approximate surface area is 93.0 Å². The second-order valence-corrected chi connectivity index (χ2v) is 4.41. The van der Waals surface area contributed by atoms with Crippen molar-refractivity contribution in [3.05, 3.63) is 17.0 Å². The van der Waals surface area contributed by atoms with Crippen LogP contribution >= 0.6 is 15.9 Å². The molecule has 1 heterocycles. The van der Waals surface area contributed by atoms with Crippen molar-refractivity contribution in [3.8, 4) is 5.88 Å². The van der Waals surface area contributed by atoms with E-state index in [1.807, 2.05) is 0 Å². The molecule has 14 heavy (non-hydrogen) atoms. The van der Waals surface area contributed by atoms with Crippen molar-refractivity contribution in [3.63, 3.8) is 0 Å². The molecule has 1 rings (SSSR count). The Balaban J connectivity index is 2.28. The molecule has 0 amide bonds. The van der Waals surface area contributed by atoms with Crippen molar-refractivity contribution in [2.24, 2.45) is 5.92 Å². The van der Waals surface area contributed by atoms with E-state index < -0.39 is 0 Å². The number of hydrogen-bond acceptors (Lipinski definition) is 3. The van der Waals surface area contributed by atoms with Crippen LogP contribution in [0.2, 0.25) is 0 Å². The fourth-order valence-electron chi connectivity index (χ4n) is 1.07. The Morgan fingerprint density at radius 3 is 2.93 bits per heavy atom. The highest BCUT2D eigenvalue weighted by Gasteiger charge is 2.01. The van der Waals surface area contributed by atoms with Gasteiger partial charge in [-0.2, -0.15) is 0 Å². The maximum Gasteiger partial charge on any atom is 0.231 e. The molecule has 1 aromatic heterocycles. The van der Waals surface area contributed by atoms with E-state index in [0.717, 1.165) is 16.8 Å². The minimum atomic E-state index is 0.628. The van der Waals surface area contributed by atoms with Crippen molar-refractivity contribution in [1.82, 2.24) is 9.97 Å². The van der Waals surface area contributed by atoms with Crippen LogP contribution in [0.25, 0.3) is 0 Å². The van der Waals surface area contributed by atoms with Crippen LogP contribution in [0, 0.1) is 5.92 Å². The SMILES string of the molecule is CC(C)CCCOc1ncncc1Br. The Hall–Kier alpha value is -0.640. The first-order valence-corrected chi connectivity index (χ1v) is 5.57. The van der Waals surface area contributed by atoms with E-state index in [2.05, 4.69) is 39.7 Å². The monoisotopic (exact) mass is 258 g/mol. The number of halogens is 1. The fourth-order valence-corrected chi connectivity index (χ4v) is 1.40. The summed E-state index contributed by atoms with van der Waals surface area (Å²) < 4.78 is 6.30. The van der Waals surface area contributed by atoms with Crippen LogP contribution in [0.15, 0.2) is 17.0 Å². The molecule has 0 saturated carbocycles. The minimum Gasteiger partial charge on any atom is -0.477 e. The van der Waals surface area contributed by atoms with Crippen molar-refractivity contribution in [2.45, 2.75) is 26.7 Å². The molecule has 0 fully saturated rings. The van der Waals surface area contributed by atoms with E-state index in [4.69, 9.17) is 4.74 Å². The molecule has 0 aliphatic carbocycles. The Bertz CT molecular complexity index is 279. The average molecular weight is 259 g/mol. The molecule has 0 N–H and O–H groups in total. The van der Waals surface area contributed by atoms with Gasteiger partial charge < -0.3 is 4.74 Å². The highest BCUT2D eigenvalue weighted by atomic mass is 79.9. The van der Waals surface area contributed by atoms with Crippen molar-refractivity contribution < 1.29 is 4.74 Å². The lowest BCUT2D eigenvalue weighted by Gasteiger charge is -2.07. The average Bonchev–Trinajstić information content (AvgIpc) is 2.15. The van der Waals surface area contributed by atoms with Gasteiger partial charge >= 0.3 is 0 Å². The normalized spacial score (nSPS) is 10.6. The molecular formula is C10H15BrN2O. The number of rotatable bonds is 5. The van der Waals surface area contributed by atoms with Gasteiger partial charge in [0.15, 0.2) is 0 Å². The quantitative estimate of drug-likeness (QED) is 0.762. The van der Waals surface area contributed by atoms with Gasteiger partial charge in [0.25, 0.3) is 0 Å². The topological polar surface area (TPSA) is 35.0 Å². The summed E-state index contributed by atoms with van der Waals surface area (Å²) in [7, 11) is 0. The van der Waals surface area contributed by atoms with Crippen molar-refractivity contribution in [2.75, 3.05) is 6.61 Å². The molecule has 1 aromatic rings. The summed E-state index contributed by atoms with van der Waals surface area (Å²) in [5.74, 6) is 1.36. The van der Waals surface area contributed by atoms with Gasteiger partial charge in [-0.25, -0.2) is 9.97 Å². The summed E-state index contributed by atoms with van der Waals surface area (Å²) in [5.41, 5.74) is 0. The number of nitrogens with zero attached hydrogens (tertiary/aromatic N) is 2. The zero-order chi connectivity index (χ0) is 10.4. The maximum absolute atomic E-state index is 5.49. The van der Waals surface area contributed by atoms with Crippen molar-refractivity contribution >= 4 is 15.9 Å². The second-order valence-electron chi connectivity index (χ2n) is 3.56. The van der Waals surface area contributed by atoms with Crippen LogP contribution in [0.3, 0.4) is 0 Å². The molecule has 0 unspecified atom stereocenters. The highest BCUT2D eigenvalue weighted by Crippen LogP contribution is 2.19. The molecule has 0 spiro atoms. The van der Waals surface area contributed by atoms with Crippen LogP contribution < -0.4 is 4.74 Å². The van der Waals surface area contributed by atoms with Crippen LogP contribution in [0.4, 0.5) is 0 Å². The van der Waals surface area contributed by atoms with Gasteiger partial charge in [-0.05, 0) is 34.7 Å². The Morgan fingerprint density at radius 1 is 1.50 bits per heavy atom. The lowest BCUT2D eigenvalue weighted by molar-refractivity contribution is 0.285. The largest absolute Gasteiger partial charge is 0.477 e.